The fourth-order valence-electron chi connectivity index (χ4n) is 1.97. The molecule has 3 nitrogen and oxygen atoms in total. The van der Waals surface area contributed by atoms with Gasteiger partial charge in [0.25, 0.3) is 0 Å². The average molecular weight is 273 g/mol. The van der Waals surface area contributed by atoms with Gasteiger partial charge in [-0.1, -0.05) is 6.07 Å². The molecule has 1 aromatic rings. The zero-order chi connectivity index (χ0) is 14.0. The molecular weight excluding hydrogens is 255 g/mol. The molecule has 1 saturated carbocycles. The van der Waals surface area contributed by atoms with Crippen LogP contribution in [-0.2, 0) is 0 Å². The van der Waals surface area contributed by atoms with Gasteiger partial charge in [0.1, 0.15) is 12.4 Å². The van der Waals surface area contributed by atoms with Crippen LogP contribution in [0.5, 0.6) is 0 Å². The molecule has 1 fully saturated rings. The lowest BCUT2D eigenvalue weighted by Gasteiger charge is -2.25. The van der Waals surface area contributed by atoms with E-state index in [-0.39, 0.29) is 12.1 Å². The van der Waals surface area contributed by atoms with Crippen molar-refractivity contribution in [2.75, 3.05) is 18.5 Å². The number of anilines is 1. The van der Waals surface area contributed by atoms with Crippen molar-refractivity contribution in [3.05, 3.63) is 23.9 Å². The highest BCUT2D eigenvalue weighted by molar-refractivity contribution is 5.42. The first kappa shape index (κ1) is 14.1. The summed E-state index contributed by atoms with van der Waals surface area (Å²) in [7, 11) is 1.83. The van der Waals surface area contributed by atoms with E-state index < -0.39 is 12.7 Å². The second-order valence-electron chi connectivity index (χ2n) is 4.93. The van der Waals surface area contributed by atoms with Gasteiger partial charge in [0, 0.05) is 18.3 Å². The minimum Gasteiger partial charge on any atom is -0.345 e. The molecule has 0 spiro atoms. The van der Waals surface area contributed by atoms with Crippen LogP contribution in [0.25, 0.3) is 0 Å². The van der Waals surface area contributed by atoms with Crippen LogP contribution in [0.1, 0.15) is 31.4 Å². The van der Waals surface area contributed by atoms with Gasteiger partial charge in [0.2, 0.25) is 0 Å². The first-order chi connectivity index (χ1) is 8.90. The molecule has 6 heteroatoms. The molecule has 0 amide bonds. The fraction of sp³-hybridized carbons (Fsp3) is 0.615. The molecular formula is C13H18F3N3. The summed E-state index contributed by atoms with van der Waals surface area (Å²) >= 11 is 0. The maximum Gasteiger partial charge on any atom is 0.405 e. The van der Waals surface area contributed by atoms with Crippen molar-refractivity contribution in [3.8, 4) is 0 Å². The molecule has 106 valence electrons. The van der Waals surface area contributed by atoms with Crippen molar-refractivity contribution in [2.45, 2.75) is 38.0 Å². The molecule has 2 rings (SSSR count). The van der Waals surface area contributed by atoms with E-state index in [9.17, 15) is 13.2 Å². The second-order valence-corrected chi connectivity index (χ2v) is 4.93. The van der Waals surface area contributed by atoms with E-state index in [4.69, 9.17) is 0 Å². The lowest BCUT2D eigenvalue weighted by Crippen LogP contribution is -2.36. The summed E-state index contributed by atoms with van der Waals surface area (Å²) < 4.78 is 37.7. The fourth-order valence-corrected chi connectivity index (χ4v) is 1.97. The smallest absolute Gasteiger partial charge is 0.345 e. The number of nitrogens with zero attached hydrogens (tertiary/aromatic N) is 2. The molecule has 0 bridgehead atoms. The minimum atomic E-state index is -4.19. The topological polar surface area (TPSA) is 28.2 Å². The monoisotopic (exact) mass is 273 g/mol. The molecule has 1 atom stereocenters. The second kappa shape index (κ2) is 5.36. The van der Waals surface area contributed by atoms with E-state index in [1.807, 2.05) is 20.0 Å². The largest absolute Gasteiger partial charge is 0.405 e. The maximum absolute atomic E-state index is 12.6. The number of alkyl halides is 3. The highest BCUT2D eigenvalue weighted by atomic mass is 19.4. The molecule has 19 heavy (non-hydrogen) atoms. The summed E-state index contributed by atoms with van der Waals surface area (Å²) in [4.78, 5) is 5.53. The molecule has 0 saturated heterocycles. The van der Waals surface area contributed by atoms with Crippen molar-refractivity contribution < 1.29 is 13.2 Å². The Morgan fingerprint density at radius 3 is 2.53 bits per heavy atom. The SMILES string of the molecule is CNC(C)c1ccc(N(CC(F)(F)F)C2CC2)nc1. The minimum absolute atomic E-state index is 0.0123. The number of pyridine rings is 1. The van der Waals surface area contributed by atoms with E-state index in [1.165, 1.54) is 4.90 Å². The summed E-state index contributed by atoms with van der Waals surface area (Å²) in [5.41, 5.74) is 0.967. The highest BCUT2D eigenvalue weighted by Crippen LogP contribution is 2.33. The quantitative estimate of drug-likeness (QED) is 0.894. The van der Waals surface area contributed by atoms with Crippen molar-refractivity contribution in [1.29, 1.82) is 0 Å². The van der Waals surface area contributed by atoms with Gasteiger partial charge in [-0.25, -0.2) is 4.98 Å². The van der Waals surface area contributed by atoms with Crippen LogP contribution in [0, 0.1) is 0 Å². The Balaban J connectivity index is 2.13. The van der Waals surface area contributed by atoms with Gasteiger partial charge in [0.05, 0.1) is 0 Å². The standard InChI is InChI=1S/C13H18F3N3/c1-9(17-2)10-3-6-12(18-7-10)19(11-4-5-11)8-13(14,15)16/h3,6-7,9,11,17H,4-5,8H2,1-2H3. The molecule has 1 aliphatic carbocycles. The lowest BCUT2D eigenvalue weighted by atomic mass is 10.1. The third kappa shape index (κ3) is 3.83. The van der Waals surface area contributed by atoms with E-state index in [0.717, 1.165) is 18.4 Å². The number of rotatable bonds is 5. The third-order valence-corrected chi connectivity index (χ3v) is 3.34. The summed E-state index contributed by atoms with van der Waals surface area (Å²) in [6, 6.07) is 3.63. The van der Waals surface area contributed by atoms with Crippen LogP contribution in [0.2, 0.25) is 0 Å². The zero-order valence-corrected chi connectivity index (χ0v) is 11.0. The lowest BCUT2D eigenvalue weighted by molar-refractivity contribution is -0.120. The third-order valence-electron chi connectivity index (χ3n) is 3.34. The van der Waals surface area contributed by atoms with Crippen LogP contribution >= 0.6 is 0 Å². The Labute approximate surface area is 110 Å². The van der Waals surface area contributed by atoms with Gasteiger partial charge in [-0.3, -0.25) is 0 Å². The number of halogens is 3. The Morgan fingerprint density at radius 1 is 1.42 bits per heavy atom. The van der Waals surface area contributed by atoms with Crippen molar-refractivity contribution >= 4 is 5.82 Å². The summed E-state index contributed by atoms with van der Waals surface area (Å²) in [6.07, 6.45) is -0.928. The molecule has 1 aromatic heterocycles. The normalized spacial score (nSPS) is 17.3. The predicted molar refractivity (Wildman–Crippen MR) is 68.1 cm³/mol. The van der Waals surface area contributed by atoms with Crippen molar-refractivity contribution in [3.63, 3.8) is 0 Å². The molecule has 0 aromatic carbocycles. The highest BCUT2D eigenvalue weighted by Gasteiger charge is 2.38. The van der Waals surface area contributed by atoms with Gasteiger partial charge < -0.3 is 10.2 Å². The van der Waals surface area contributed by atoms with E-state index in [1.54, 1.807) is 12.3 Å². The molecule has 1 N–H and O–H groups in total. The number of aromatic nitrogens is 1. The Morgan fingerprint density at radius 2 is 2.11 bits per heavy atom. The number of hydrogen-bond donors (Lipinski definition) is 1. The van der Waals surface area contributed by atoms with Crippen LogP contribution in [-0.4, -0.2) is 30.8 Å². The van der Waals surface area contributed by atoms with Crippen LogP contribution in [0.15, 0.2) is 18.3 Å². The van der Waals surface area contributed by atoms with E-state index in [2.05, 4.69) is 10.3 Å². The van der Waals surface area contributed by atoms with Gasteiger partial charge in [-0.2, -0.15) is 13.2 Å². The van der Waals surface area contributed by atoms with Crippen molar-refractivity contribution in [2.24, 2.45) is 0 Å². The zero-order valence-electron chi connectivity index (χ0n) is 11.0. The first-order valence-corrected chi connectivity index (χ1v) is 6.37. The molecule has 0 radical (unpaired) electrons. The van der Waals surface area contributed by atoms with Crippen LogP contribution in [0.3, 0.4) is 0 Å². The first-order valence-electron chi connectivity index (χ1n) is 6.37. The Hall–Kier alpha value is -1.30. The molecule has 1 heterocycles. The van der Waals surface area contributed by atoms with Crippen molar-refractivity contribution in [1.82, 2.24) is 10.3 Å². The average Bonchev–Trinajstić information content (AvgIpc) is 3.18. The maximum atomic E-state index is 12.6. The Bertz CT molecular complexity index is 412. The molecule has 0 aliphatic heterocycles. The van der Waals surface area contributed by atoms with E-state index in [0.29, 0.717) is 5.82 Å². The summed E-state index contributed by atoms with van der Waals surface area (Å²) in [5.74, 6) is 0.409. The van der Waals surface area contributed by atoms with Gasteiger partial charge in [-0.05, 0) is 38.4 Å². The van der Waals surface area contributed by atoms with Gasteiger partial charge >= 0.3 is 6.18 Å². The van der Waals surface area contributed by atoms with Gasteiger partial charge in [0.15, 0.2) is 0 Å². The Kier molecular flexibility index (Phi) is 3.99. The summed E-state index contributed by atoms with van der Waals surface area (Å²) in [6.45, 7) is 1.05. The van der Waals surface area contributed by atoms with E-state index >= 15 is 0 Å². The number of hydrogen-bond acceptors (Lipinski definition) is 3. The van der Waals surface area contributed by atoms with Crippen LogP contribution in [0.4, 0.5) is 19.0 Å². The van der Waals surface area contributed by atoms with Gasteiger partial charge in [-0.15, -0.1) is 0 Å². The molecule has 1 aliphatic rings. The predicted octanol–water partition coefficient (Wildman–Crippen LogP) is 2.89. The number of nitrogens with one attached hydrogen (secondary N) is 1. The molecule has 1 unspecified atom stereocenters. The van der Waals surface area contributed by atoms with Crippen LogP contribution < -0.4 is 10.2 Å². The summed E-state index contributed by atoms with van der Waals surface area (Å²) in [5, 5.41) is 3.07.